The molecule has 1 amide bonds. The monoisotopic (exact) mass is 320 g/mol. The molecule has 2 rings (SSSR count). The van der Waals surface area contributed by atoms with Crippen molar-refractivity contribution >= 4 is 17.2 Å². The maximum atomic E-state index is 12.0. The van der Waals surface area contributed by atoms with E-state index in [-0.39, 0.29) is 12.5 Å². The minimum absolute atomic E-state index is 0.0671. The van der Waals surface area contributed by atoms with Crippen molar-refractivity contribution in [2.24, 2.45) is 0 Å². The van der Waals surface area contributed by atoms with Gasteiger partial charge in [-0.15, -0.1) is 11.3 Å². The molecule has 0 aliphatic heterocycles. The predicted molar refractivity (Wildman–Crippen MR) is 86.4 cm³/mol. The third-order valence-electron chi connectivity index (χ3n) is 3.05. The van der Waals surface area contributed by atoms with Gasteiger partial charge >= 0.3 is 0 Å². The molecule has 0 aliphatic carbocycles. The molecule has 1 aromatic carbocycles. The third kappa shape index (κ3) is 4.54. The van der Waals surface area contributed by atoms with Gasteiger partial charge in [-0.05, 0) is 32.4 Å². The Morgan fingerprint density at radius 3 is 2.73 bits per heavy atom. The Balaban J connectivity index is 1.94. The van der Waals surface area contributed by atoms with Crippen LogP contribution in [0.5, 0.6) is 5.75 Å². The van der Waals surface area contributed by atoms with Gasteiger partial charge in [0.25, 0.3) is 5.91 Å². The van der Waals surface area contributed by atoms with E-state index in [4.69, 9.17) is 9.84 Å². The molecule has 0 spiro atoms. The molecular weight excluding hydrogens is 300 g/mol. The molecule has 0 unspecified atom stereocenters. The average Bonchev–Trinajstić information content (AvgIpc) is 2.88. The van der Waals surface area contributed by atoms with Gasteiger partial charge in [-0.2, -0.15) is 0 Å². The number of aliphatic hydroxyl groups excluding tert-OH is 1. The fourth-order valence-electron chi connectivity index (χ4n) is 1.87. The number of carbonyl (C=O) groups is 1. The smallest absolute Gasteiger partial charge is 0.263 e. The molecule has 2 N–H and O–H groups in total. The van der Waals surface area contributed by atoms with Crippen LogP contribution in [0.15, 0.2) is 24.3 Å². The molecule has 0 fully saturated rings. The van der Waals surface area contributed by atoms with Crippen LogP contribution in [-0.4, -0.2) is 29.1 Å². The van der Waals surface area contributed by atoms with Crippen molar-refractivity contribution < 1.29 is 14.6 Å². The summed E-state index contributed by atoms with van der Waals surface area (Å²) in [6, 6.07) is 7.81. The maximum Gasteiger partial charge on any atom is 0.263 e. The summed E-state index contributed by atoms with van der Waals surface area (Å²) in [7, 11) is 0. The molecule has 6 heteroatoms. The number of aromatic nitrogens is 1. The Kier molecular flexibility index (Phi) is 5.91. The zero-order chi connectivity index (χ0) is 15.9. The Morgan fingerprint density at radius 1 is 1.32 bits per heavy atom. The van der Waals surface area contributed by atoms with Crippen molar-refractivity contribution in [3.63, 3.8) is 0 Å². The number of rotatable bonds is 7. The van der Waals surface area contributed by atoms with Crippen LogP contribution in [0.2, 0.25) is 0 Å². The molecule has 0 aliphatic rings. The van der Waals surface area contributed by atoms with Crippen molar-refractivity contribution in [1.82, 2.24) is 10.3 Å². The van der Waals surface area contributed by atoms with Gasteiger partial charge in [0, 0.05) is 13.2 Å². The summed E-state index contributed by atoms with van der Waals surface area (Å²) in [6.45, 7) is 4.71. The molecule has 2 aromatic rings. The normalized spacial score (nSPS) is 10.5. The predicted octanol–water partition coefficient (Wildman–Crippen LogP) is 2.45. The minimum Gasteiger partial charge on any atom is -0.486 e. The van der Waals surface area contributed by atoms with E-state index in [1.165, 1.54) is 16.9 Å². The summed E-state index contributed by atoms with van der Waals surface area (Å²) in [5.74, 6) is 0.637. The van der Waals surface area contributed by atoms with Crippen molar-refractivity contribution in [3.05, 3.63) is 45.4 Å². The Hall–Kier alpha value is -1.92. The molecule has 0 atom stereocenters. The second-order valence-corrected chi connectivity index (χ2v) is 6.04. The molecule has 1 aromatic heterocycles. The zero-order valence-electron chi connectivity index (χ0n) is 12.8. The molecular formula is C16H20N2O3S. The van der Waals surface area contributed by atoms with Crippen LogP contribution in [0.4, 0.5) is 0 Å². The van der Waals surface area contributed by atoms with Gasteiger partial charge in [-0.25, -0.2) is 4.98 Å². The summed E-state index contributed by atoms with van der Waals surface area (Å²) in [5.41, 5.74) is 1.88. The van der Waals surface area contributed by atoms with Gasteiger partial charge in [-0.1, -0.05) is 17.7 Å². The molecule has 0 bridgehead atoms. The van der Waals surface area contributed by atoms with Gasteiger partial charge in [0.15, 0.2) is 0 Å². The van der Waals surface area contributed by atoms with Crippen LogP contribution in [0, 0.1) is 13.8 Å². The number of aliphatic hydroxyl groups is 1. The lowest BCUT2D eigenvalue weighted by atomic mass is 10.2. The summed E-state index contributed by atoms with van der Waals surface area (Å²) < 4.78 is 5.68. The summed E-state index contributed by atoms with van der Waals surface area (Å²) in [5, 5.41) is 12.3. The van der Waals surface area contributed by atoms with E-state index in [1.54, 1.807) is 0 Å². The first kappa shape index (κ1) is 16.5. The quantitative estimate of drug-likeness (QED) is 0.769. The van der Waals surface area contributed by atoms with Gasteiger partial charge in [0.2, 0.25) is 0 Å². The van der Waals surface area contributed by atoms with Crippen molar-refractivity contribution in [2.75, 3.05) is 13.2 Å². The Bertz CT molecular complexity index is 623. The van der Waals surface area contributed by atoms with E-state index < -0.39 is 0 Å². The first-order chi connectivity index (χ1) is 10.6. The largest absolute Gasteiger partial charge is 0.486 e. The number of nitrogens with zero attached hydrogens (tertiary/aromatic N) is 1. The molecule has 118 valence electrons. The van der Waals surface area contributed by atoms with Crippen LogP contribution in [-0.2, 0) is 6.61 Å². The number of aryl methyl sites for hydroxylation is 2. The first-order valence-corrected chi connectivity index (χ1v) is 7.96. The molecule has 1 heterocycles. The highest BCUT2D eigenvalue weighted by Gasteiger charge is 2.15. The van der Waals surface area contributed by atoms with E-state index >= 15 is 0 Å². The van der Waals surface area contributed by atoms with Crippen LogP contribution in [0.1, 0.15) is 32.4 Å². The second-order valence-electron chi connectivity index (χ2n) is 4.96. The number of amides is 1. The van der Waals surface area contributed by atoms with Crippen LogP contribution < -0.4 is 10.1 Å². The highest BCUT2D eigenvalue weighted by Crippen LogP contribution is 2.20. The zero-order valence-corrected chi connectivity index (χ0v) is 13.6. The maximum absolute atomic E-state index is 12.0. The van der Waals surface area contributed by atoms with Crippen molar-refractivity contribution in [2.45, 2.75) is 26.9 Å². The van der Waals surface area contributed by atoms with E-state index in [9.17, 15) is 4.79 Å². The summed E-state index contributed by atoms with van der Waals surface area (Å²) in [6.07, 6.45) is 0.549. The fraction of sp³-hybridized carbons (Fsp3) is 0.375. The summed E-state index contributed by atoms with van der Waals surface area (Å²) >= 11 is 1.34. The van der Waals surface area contributed by atoms with Crippen LogP contribution in [0.3, 0.4) is 0 Å². The van der Waals surface area contributed by atoms with Gasteiger partial charge < -0.3 is 15.2 Å². The van der Waals surface area contributed by atoms with Gasteiger partial charge in [0.05, 0.1) is 5.69 Å². The van der Waals surface area contributed by atoms with Crippen molar-refractivity contribution in [1.29, 1.82) is 0 Å². The van der Waals surface area contributed by atoms with E-state index in [0.29, 0.717) is 30.1 Å². The fourth-order valence-corrected chi connectivity index (χ4v) is 2.76. The van der Waals surface area contributed by atoms with Crippen LogP contribution >= 0.6 is 11.3 Å². The molecule has 22 heavy (non-hydrogen) atoms. The molecule has 0 saturated heterocycles. The minimum atomic E-state index is -0.148. The number of benzene rings is 1. The Morgan fingerprint density at radius 2 is 2.05 bits per heavy atom. The number of hydrogen-bond acceptors (Lipinski definition) is 5. The first-order valence-electron chi connectivity index (χ1n) is 7.15. The lowest BCUT2D eigenvalue weighted by Crippen LogP contribution is -2.24. The number of hydrogen-bond donors (Lipinski definition) is 2. The average molecular weight is 320 g/mol. The Labute approximate surface area is 134 Å². The second kappa shape index (κ2) is 7.91. The van der Waals surface area contributed by atoms with E-state index in [0.717, 1.165) is 10.8 Å². The molecule has 0 radical (unpaired) electrons. The lowest BCUT2D eigenvalue weighted by molar-refractivity contribution is 0.0954. The SMILES string of the molecule is Cc1ccc(OCc2nc(C)c(C(=O)NCCCO)s2)cc1. The standard InChI is InChI=1S/C16H20N2O3S/c1-11-4-6-13(7-5-11)21-10-14-18-12(2)15(22-14)16(20)17-8-3-9-19/h4-7,19H,3,8-10H2,1-2H3,(H,17,20). The third-order valence-corrected chi connectivity index (χ3v) is 4.18. The highest BCUT2D eigenvalue weighted by atomic mass is 32.1. The number of thiazole rings is 1. The van der Waals surface area contributed by atoms with Gasteiger partial charge in [-0.3, -0.25) is 4.79 Å². The lowest BCUT2D eigenvalue weighted by Gasteiger charge is -2.03. The molecule has 5 nitrogen and oxygen atoms in total. The van der Waals surface area contributed by atoms with Gasteiger partial charge in [0.1, 0.15) is 22.2 Å². The molecule has 0 saturated carbocycles. The number of nitrogens with one attached hydrogen (secondary N) is 1. The van der Waals surface area contributed by atoms with E-state index in [2.05, 4.69) is 10.3 Å². The summed E-state index contributed by atoms with van der Waals surface area (Å²) in [4.78, 5) is 17.0. The number of ether oxygens (including phenoxy) is 1. The highest BCUT2D eigenvalue weighted by molar-refractivity contribution is 7.13. The van der Waals surface area contributed by atoms with Crippen molar-refractivity contribution in [3.8, 4) is 5.75 Å². The van der Waals surface area contributed by atoms with Crippen LogP contribution in [0.25, 0.3) is 0 Å². The van der Waals surface area contributed by atoms with E-state index in [1.807, 2.05) is 38.1 Å². The number of carbonyl (C=O) groups excluding carboxylic acids is 1. The topological polar surface area (TPSA) is 71.5 Å².